The second kappa shape index (κ2) is 8.40. The number of aldehydes is 1. The molecule has 0 unspecified atom stereocenters. The number of benzene rings is 2. The van der Waals surface area contributed by atoms with Crippen molar-refractivity contribution in [3.8, 4) is 5.75 Å². The fourth-order valence-electron chi connectivity index (χ4n) is 4.56. The molecular formula is C25H30O4. The normalized spacial score (nSPS) is 22.0. The molecule has 29 heavy (non-hydrogen) atoms. The number of ether oxygens (including phenoxy) is 2. The van der Waals surface area contributed by atoms with Crippen LogP contribution in [0, 0.1) is 5.92 Å². The van der Waals surface area contributed by atoms with Gasteiger partial charge >= 0.3 is 6.16 Å². The van der Waals surface area contributed by atoms with E-state index < -0.39 is 6.16 Å². The Labute approximate surface area is 173 Å². The third-order valence-electron chi connectivity index (χ3n) is 6.82. The highest BCUT2D eigenvalue weighted by atomic mass is 16.7. The van der Waals surface area contributed by atoms with Crippen LogP contribution in [0.5, 0.6) is 5.75 Å². The van der Waals surface area contributed by atoms with Gasteiger partial charge in [-0.3, -0.25) is 4.79 Å². The van der Waals surface area contributed by atoms with Crippen molar-refractivity contribution in [3.05, 3.63) is 65.2 Å². The van der Waals surface area contributed by atoms with Crippen molar-refractivity contribution in [1.82, 2.24) is 0 Å². The Morgan fingerprint density at radius 3 is 2.14 bits per heavy atom. The lowest BCUT2D eigenvalue weighted by molar-refractivity contribution is 0.112. The van der Waals surface area contributed by atoms with Gasteiger partial charge in [-0.2, -0.15) is 0 Å². The number of rotatable bonds is 5. The van der Waals surface area contributed by atoms with Crippen LogP contribution in [0.25, 0.3) is 0 Å². The molecular weight excluding hydrogens is 364 g/mol. The number of hydrogen-bond donors (Lipinski definition) is 0. The van der Waals surface area contributed by atoms with E-state index in [2.05, 4.69) is 49.8 Å². The second-order valence-corrected chi connectivity index (χ2v) is 8.88. The molecule has 1 aliphatic rings. The molecule has 1 saturated carbocycles. The molecule has 0 N–H and O–H groups in total. The molecule has 0 amide bonds. The van der Waals surface area contributed by atoms with Gasteiger partial charge in [0.1, 0.15) is 12.0 Å². The van der Waals surface area contributed by atoms with Crippen LogP contribution in [-0.2, 0) is 15.6 Å². The zero-order valence-corrected chi connectivity index (χ0v) is 17.7. The van der Waals surface area contributed by atoms with Gasteiger partial charge in [0.15, 0.2) is 0 Å². The summed E-state index contributed by atoms with van der Waals surface area (Å²) in [7, 11) is 1.30. The lowest BCUT2D eigenvalue weighted by Crippen LogP contribution is -2.37. The Morgan fingerprint density at radius 1 is 1.03 bits per heavy atom. The highest BCUT2D eigenvalue weighted by Crippen LogP contribution is 2.47. The van der Waals surface area contributed by atoms with Crippen molar-refractivity contribution in [1.29, 1.82) is 0 Å². The van der Waals surface area contributed by atoms with Gasteiger partial charge in [-0.05, 0) is 65.7 Å². The minimum Gasteiger partial charge on any atom is -0.437 e. The van der Waals surface area contributed by atoms with E-state index in [0.29, 0.717) is 11.7 Å². The fraction of sp³-hybridized carbons (Fsp3) is 0.440. The van der Waals surface area contributed by atoms with Gasteiger partial charge in [0, 0.05) is 5.56 Å². The number of hydrogen-bond acceptors (Lipinski definition) is 4. The maximum absolute atomic E-state index is 11.3. The molecule has 0 saturated heterocycles. The number of carbonyl (C=O) groups excluding carboxylic acids is 2. The molecule has 0 aliphatic heterocycles. The monoisotopic (exact) mass is 394 g/mol. The fourth-order valence-corrected chi connectivity index (χ4v) is 4.56. The molecule has 1 fully saturated rings. The number of methoxy groups -OCH3 is 1. The predicted molar refractivity (Wildman–Crippen MR) is 114 cm³/mol. The zero-order chi connectivity index (χ0) is 21.1. The van der Waals surface area contributed by atoms with Crippen LogP contribution in [0.15, 0.2) is 48.5 Å². The third-order valence-corrected chi connectivity index (χ3v) is 6.82. The molecule has 4 nitrogen and oxygen atoms in total. The predicted octanol–water partition coefficient (Wildman–Crippen LogP) is 6.07. The topological polar surface area (TPSA) is 52.6 Å². The quantitative estimate of drug-likeness (QED) is 0.351. The molecule has 0 spiro atoms. The SMILES string of the molecule is COC(=O)Oc1ccc(C2(C)CCC(C(C)(C)c3ccc(C=O)cc3)CC2)cc1. The Bertz CT molecular complexity index is 841. The Hall–Kier alpha value is -2.62. The molecule has 2 aromatic carbocycles. The van der Waals surface area contributed by atoms with E-state index in [1.807, 2.05) is 24.3 Å². The largest absolute Gasteiger partial charge is 0.513 e. The van der Waals surface area contributed by atoms with Crippen LogP contribution in [-0.4, -0.2) is 19.6 Å². The molecule has 4 heteroatoms. The zero-order valence-electron chi connectivity index (χ0n) is 17.7. The van der Waals surface area contributed by atoms with Crippen LogP contribution in [0.2, 0.25) is 0 Å². The standard InChI is InChI=1S/C25H30O4/c1-24(2,19-7-5-18(17-26)6-8-19)20-13-15-25(3,16-14-20)21-9-11-22(12-10-21)29-23(27)28-4/h5-12,17,20H,13-16H2,1-4H3. The first-order valence-corrected chi connectivity index (χ1v) is 10.2. The van der Waals surface area contributed by atoms with E-state index in [1.54, 1.807) is 0 Å². The van der Waals surface area contributed by atoms with E-state index in [-0.39, 0.29) is 10.8 Å². The van der Waals surface area contributed by atoms with Crippen LogP contribution in [0.3, 0.4) is 0 Å². The molecule has 3 rings (SSSR count). The summed E-state index contributed by atoms with van der Waals surface area (Å²) in [5.74, 6) is 1.09. The summed E-state index contributed by atoms with van der Waals surface area (Å²) in [6.45, 7) is 6.95. The van der Waals surface area contributed by atoms with Crippen molar-refractivity contribution in [2.45, 2.75) is 57.3 Å². The third kappa shape index (κ3) is 4.52. The van der Waals surface area contributed by atoms with Gasteiger partial charge in [-0.15, -0.1) is 0 Å². The summed E-state index contributed by atoms with van der Waals surface area (Å²) in [4.78, 5) is 22.2. The van der Waals surface area contributed by atoms with E-state index in [1.165, 1.54) is 18.2 Å². The molecule has 0 radical (unpaired) electrons. The summed E-state index contributed by atoms with van der Waals surface area (Å²) < 4.78 is 9.62. The van der Waals surface area contributed by atoms with Crippen LogP contribution < -0.4 is 4.74 Å². The van der Waals surface area contributed by atoms with E-state index in [4.69, 9.17) is 4.74 Å². The summed E-state index contributed by atoms with van der Waals surface area (Å²) in [5, 5.41) is 0. The van der Waals surface area contributed by atoms with Gasteiger partial charge in [0.25, 0.3) is 0 Å². The van der Waals surface area contributed by atoms with Gasteiger partial charge in [-0.25, -0.2) is 4.79 Å². The molecule has 2 aromatic rings. The Kier molecular flexibility index (Phi) is 6.11. The van der Waals surface area contributed by atoms with Crippen molar-refractivity contribution in [3.63, 3.8) is 0 Å². The molecule has 0 heterocycles. The Morgan fingerprint density at radius 2 is 1.62 bits per heavy atom. The summed E-state index contributed by atoms with van der Waals surface area (Å²) in [5.41, 5.74) is 3.49. The maximum Gasteiger partial charge on any atom is 0.513 e. The van der Waals surface area contributed by atoms with Crippen LogP contribution >= 0.6 is 0 Å². The highest BCUT2D eigenvalue weighted by Gasteiger charge is 2.39. The summed E-state index contributed by atoms with van der Waals surface area (Å²) >= 11 is 0. The van der Waals surface area contributed by atoms with Crippen molar-refractivity contribution < 1.29 is 19.1 Å². The average Bonchev–Trinajstić information content (AvgIpc) is 2.74. The summed E-state index contributed by atoms with van der Waals surface area (Å²) in [6, 6.07) is 15.8. The van der Waals surface area contributed by atoms with Gasteiger partial charge in [-0.1, -0.05) is 57.2 Å². The minimum atomic E-state index is -0.701. The van der Waals surface area contributed by atoms with E-state index in [0.717, 1.165) is 37.5 Å². The Balaban J connectivity index is 1.68. The number of carbonyl (C=O) groups is 2. The highest BCUT2D eigenvalue weighted by molar-refractivity contribution is 5.74. The maximum atomic E-state index is 11.3. The second-order valence-electron chi connectivity index (χ2n) is 8.88. The van der Waals surface area contributed by atoms with Gasteiger partial charge < -0.3 is 9.47 Å². The van der Waals surface area contributed by atoms with E-state index in [9.17, 15) is 9.59 Å². The van der Waals surface area contributed by atoms with E-state index >= 15 is 0 Å². The smallest absolute Gasteiger partial charge is 0.437 e. The van der Waals surface area contributed by atoms with Crippen LogP contribution in [0.1, 0.15) is 67.9 Å². The van der Waals surface area contributed by atoms with Crippen molar-refractivity contribution in [2.24, 2.45) is 5.92 Å². The van der Waals surface area contributed by atoms with Crippen LogP contribution in [0.4, 0.5) is 4.79 Å². The first kappa shape index (κ1) is 21.1. The summed E-state index contributed by atoms with van der Waals surface area (Å²) in [6.07, 6.45) is 4.73. The minimum absolute atomic E-state index is 0.0704. The molecule has 0 aromatic heterocycles. The first-order valence-electron chi connectivity index (χ1n) is 10.2. The average molecular weight is 395 g/mol. The van der Waals surface area contributed by atoms with Gasteiger partial charge in [0.2, 0.25) is 0 Å². The molecule has 1 aliphatic carbocycles. The van der Waals surface area contributed by atoms with Crippen molar-refractivity contribution in [2.75, 3.05) is 7.11 Å². The molecule has 0 bridgehead atoms. The first-order chi connectivity index (χ1) is 13.8. The molecule has 154 valence electrons. The lowest BCUT2D eigenvalue weighted by Gasteiger charge is -2.44. The lowest BCUT2D eigenvalue weighted by atomic mass is 9.60. The van der Waals surface area contributed by atoms with Crippen molar-refractivity contribution >= 4 is 12.4 Å². The van der Waals surface area contributed by atoms with Gasteiger partial charge in [0.05, 0.1) is 7.11 Å². The molecule has 0 atom stereocenters.